The number of nitrogens with two attached hydrogens (primary N) is 1. The van der Waals surface area contributed by atoms with Gasteiger partial charge >= 0.3 is 0 Å². The lowest BCUT2D eigenvalue weighted by atomic mass is 9.97. The Labute approximate surface area is 170 Å². The molecule has 29 heavy (non-hydrogen) atoms. The molecule has 2 heterocycles. The van der Waals surface area contributed by atoms with E-state index >= 15 is 0 Å². The number of aliphatic hydroxyl groups is 1. The molecule has 1 aromatic heterocycles. The molecule has 0 radical (unpaired) electrons. The van der Waals surface area contributed by atoms with Crippen LogP contribution in [-0.4, -0.2) is 51.8 Å². The van der Waals surface area contributed by atoms with Gasteiger partial charge in [0.15, 0.2) is 0 Å². The van der Waals surface area contributed by atoms with E-state index in [1.54, 1.807) is 31.2 Å². The maximum atomic E-state index is 9.46. The molecule has 0 bridgehead atoms. The summed E-state index contributed by atoms with van der Waals surface area (Å²) in [6.45, 7) is 7.07. The SMILES string of the molecule is CC(=N)/C(=C\O)c1ccc(N)c(C(=N)c2cc(N3C[C@@H](C)O[C@@H](C)C3)ncn2)c1. The van der Waals surface area contributed by atoms with E-state index in [-0.39, 0.29) is 23.6 Å². The summed E-state index contributed by atoms with van der Waals surface area (Å²) in [7, 11) is 0. The number of hydrogen-bond donors (Lipinski definition) is 4. The Bertz CT molecular complexity index is 961. The van der Waals surface area contributed by atoms with E-state index in [9.17, 15) is 5.11 Å². The van der Waals surface area contributed by atoms with Gasteiger partial charge in [0.2, 0.25) is 0 Å². The van der Waals surface area contributed by atoms with Crippen LogP contribution in [0.25, 0.3) is 5.57 Å². The molecule has 5 N–H and O–H groups in total. The van der Waals surface area contributed by atoms with Gasteiger partial charge in [0.05, 0.1) is 29.9 Å². The molecule has 1 fully saturated rings. The summed E-state index contributed by atoms with van der Waals surface area (Å²) in [4.78, 5) is 10.8. The van der Waals surface area contributed by atoms with E-state index in [0.717, 1.165) is 25.2 Å². The number of anilines is 2. The first-order valence-electron chi connectivity index (χ1n) is 9.41. The van der Waals surface area contributed by atoms with Crippen molar-refractivity contribution in [2.75, 3.05) is 23.7 Å². The fourth-order valence-electron chi connectivity index (χ4n) is 3.49. The normalized spacial score (nSPS) is 19.8. The maximum absolute atomic E-state index is 9.46. The number of hydrogen-bond acceptors (Lipinski definition) is 8. The lowest BCUT2D eigenvalue weighted by molar-refractivity contribution is -0.00546. The highest BCUT2D eigenvalue weighted by Gasteiger charge is 2.24. The Morgan fingerprint density at radius 2 is 1.90 bits per heavy atom. The largest absolute Gasteiger partial charge is 0.515 e. The summed E-state index contributed by atoms with van der Waals surface area (Å²) in [6, 6.07) is 6.86. The van der Waals surface area contributed by atoms with Crippen molar-refractivity contribution in [1.82, 2.24) is 9.97 Å². The van der Waals surface area contributed by atoms with Crippen molar-refractivity contribution in [3.05, 3.63) is 53.7 Å². The minimum Gasteiger partial charge on any atom is -0.515 e. The fraction of sp³-hybridized carbons (Fsp3) is 0.333. The number of allylic oxidation sites excluding steroid dienone is 1. The number of benzene rings is 1. The number of ether oxygens (including phenoxy) is 1. The molecule has 1 aliphatic rings. The standard InChI is InChI=1S/C21H26N6O2/c1-12-8-27(9-13(2)29-12)20-7-19(25-11-26-20)21(24)16-6-15(4-5-18(16)23)17(10-28)14(3)22/h4-7,10-13,22,24,28H,8-9,23H2,1-3H3/b17-10+,22-14?,24-21?/t12-,13+. The third kappa shape index (κ3) is 4.43. The predicted octanol–water partition coefficient (Wildman–Crippen LogP) is 3.03. The van der Waals surface area contributed by atoms with Crippen molar-refractivity contribution in [3.63, 3.8) is 0 Å². The van der Waals surface area contributed by atoms with Crippen molar-refractivity contribution in [3.8, 4) is 0 Å². The first-order chi connectivity index (χ1) is 13.8. The molecule has 3 rings (SSSR count). The van der Waals surface area contributed by atoms with Crippen LogP contribution < -0.4 is 10.6 Å². The first-order valence-corrected chi connectivity index (χ1v) is 9.41. The second kappa shape index (κ2) is 8.40. The van der Waals surface area contributed by atoms with Crippen LogP contribution in [-0.2, 0) is 4.74 Å². The molecule has 1 saturated heterocycles. The average Bonchev–Trinajstić information content (AvgIpc) is 2.68. The van der Waals surface area contributed by atoms with Gasteiger partial charge in [-0.1, -0.05) is 6.07 Å². The minimum atomic E-state index is 0.0944. The molecule has 0 amide bonds. The molecule has 2 aromatic rings. The molecule has 0 unspecified atom stereocenters. The Morgan fingerprint density at radius 3 is 2.52 bits per heavy atom. The fourth-order valence-corrected chi connectivity index (χ4v) is 3.49. The molecular weight excluding hydrogens is 368 g/mol. The summed E-state index contributed by atoms with van der Waals surface area (Å²) >= 11 is 0. The zero-order chi connectivity index (χ0) is 21.1. The van der Waals surface area contributed by atoms with Crippen LogP contribution in [0.1, 0.15) is 37.6 Å². The zero-order valence-electron chi connectivity index (χ0n) is 16.8. The lowest BCUT2D eigenvalue weighted by Gasteiger charge is -2.36. The van der Waals surface area contributed by atoms with Gasteiger partial charge in [0.25, 0.3) is 0 Å². The van der Waals surface area contributed by atoms with E-state index in [1.165, 1.54) is 6.33 Å². The van der Waals surface area contributed by atoms with Gasteiger partial charge < -0.3 is 25.9 Å². The van der Waals surface area contributed by atoms with E-state index in [4.69, 9.17) is 21.3 Å². The van der Waals surface area contributed by atoms with Crippen LogP contribution in [0.4, 0.5) is 11.5 Å². The van der Waals surface area contributed by atoms with Crippen LogP contribution in [0.5, 0.6) is 0 Å². The van der Waals surface area contributed by atoms with E-state index in [0.29, 0.717) is 28.1 Å². The number of rotatable bonds is 5. The highest BCUT2D eigenvalue weighted by molar-refractivity contribution is 6.21. The molecule has 1 aromatic carbocycles. The monoisotopic (exact) mass is 394 g/mol. The molecule has 0 saturated carbocycles. The molecule has 2 atom stereocenters. The van der Waals surface area contributed by atoms with Gasteiger partial charge in [0.1, 0.15) is 12.1 Å². The lowest BCUT2D eigenvalue weighted by Crippen LogP contribution is -2.45. The number of aromatic nitrogens is 2. The van der Waals surface area contributed by atoms with Crippen molar-refractivity contribution in [2.24, 2.45) is 0 Å². The van der Waals surface area contributed by atoms with E-state index in [1.807, 2.05) is 13.8 Å². The van der Waals surface area contributed by atoms with Gasteiger partial charge in [-0.25, -0.2) is 9.97 Å². The highest BCUT2D eigenvalue weighted by atomic mass is 16.5. The van der Waals surface area contributed by atoms with Crippen LogP contribution in [0.15, 0.2) is 36.9 Å². The van der Waals surface area contributed by atoms with Gasteiger partial charge in [-0.3, -0.25) is 5.41 Å². The topological polar surface area (TPSA) is 132 Å². The van der Waals surface area contributed by atoms with E-state index in [2.05, 4.69) is 14.9 Å². The smallest absolute Gasteiger partial charge is 0.132 e. The molecule has 1 aliphatic heterocycles. The van der Waals surface area contributed by atoms with Crippen molar-refractivity contribution >= 4 is 28.5 Å². The zero-order valence-corrected chi connectivity index (χ0v) is 16.8. The van der Waals surface area contributed by atoms with Gasteiger partial charge in [0, 0.05) is 41.7 Å². The summed E-state index contributed by atoms with van der Waals surface area (Å²) < 4.78 is 5.78. The first kappa shape index (κ1) is 20.5. The maximum Gasteiger partial charge on any atom is 0.132 e. The van der Waals surface area contributed by atoms with Crippen LogP contribution in [0.3, 0.4) is 0 Å². The number of nitrogens with one attached hydrogen (secondary N) is 2. The minimum absolute atomic E-state index is 0.0944. The van der Waals surface area contributed by atoms with Crippen molar-refractivity contribution < 1.29 is 9.84 Å². The molecule has 8 nitrogen and oxygen atoms in total. The third-order valence-corrected chi connectivity index (χ3v) is 4.82. The number of morpholine rings is 1. The Kier molecular flexibility index (Phi) is 5.93. The number of aliphatic hydroxyl groups excluding tert-OH is 1. The van der Waals surface area contributed by atoms with Crippen LogP contribution in [0, 0.1) is 10.8 Å². The molecular formula is C21H26N6O2. The second-order valence-electron chi connectivity index (χ2n) is 7.27. The van der Waals surface area contributed by atoms with E-state index < -0.39 is 0 Å². The average molecular weight is 394 g/mol. The summed E-state index contributed by atoms with van der Waals surface area (Å²) in [6.07, 6.45) is 2.53. The Balaban J connectivity index is 1.94. The molecule has 152 valence electrons. The quantitative estimate of drug-likeness (QED) is 0.350. The summed E-state index contributed by atoms with van der Waals surface area (Å²) in [5.41, 5.74) is 8.83. The molecule has 8 heteroatoms. The summed E-state index contributed by atoms with van der Waals surface area (Å²) in [5, 5.41) is 25.9. The number of nitrogen functional groups attached to an aromatic ring is 1. The van der Waals surface area contributed by atoms with Gasteiger partial charge in [-0.15, -0.1) is 0 Å². The predicted molar refractivity (Wildman–Crippen MR) is 115 cm³/mol. The number of nitrogens with zero attached hydrogens (tertiary/aromatic N) is 3. The third-order valence-electron chi connectivity index (χ3n) is 4.82. The van der Waals surface area contributed by atoms with Gasteiger partial charge in [-0.05, 0) is 38.5 Å². The highest BCUT2D eigenvalue weighted by Crippen LogP contribution is 2.24. The van der Waals surface area contributed by atoms with Crippen LogP contribution >= 0.6 is 0 Å². The second-order valence-corrected chi connectivity index (χ2v) is 7.27. The van der Waals surface area contributed by atoms with Crippen LogP contribution in [0.2, 0.25) is 0 Å². The van der Waals surface area contributed by atoms with Crippen molar-refractivity contribution in [2.45, 2.75) is 33.0 Å². The van der Waals surface area contributed by atoms with Gasteiger partial charge in [-0.2, -0.15) is 0 Å². The molecule has 0 spiro atoms. The molecule has 0 aliphatic carbocycles. The Hall–Kier alpha value is -3.26. The van der Waals surface area contributed by atoms with Crippen molar-refractivity contribution in [1.29, 1.82) is 10.8 Å². The summed E-state index contributed by atoms with van der Waals surface area (Å²) in [5.74, 6) is 0.739. The Morgan fingerprint density at radius 1 is 1.21 bits per heavy atom.